The minimum atomic E-state index is 0.0225. The summed E-state index contributed by atoms with van der Waals surface area (Å²) in [6.07, 6.45) is 7.52. The maximum Gasteiger partial charge on any atom is 0.239 e. The van der Waals surface area contributed by atoms with E-state index in [1.165, 1.54) is 31.0 Å². The van der Waals surface area contributed by atoms with Crippen LogP contribution in [0.25, 0.3) is 21.8 Å². The highest BCUT2D eigenvalue weighted by atomic mass is 32.2. The fourth-order valence-electron chi connectivity index (χ4n) is 4.22. The lowest BCUT2D eigenvalue weighted by Crippen LogP contribution is -2.32. The molecule has 3 heterocycles. The lowest BCUT2D eigenvalue weighted by Gasteiger charge is -2.25. The molecule has 9 heteroatoms. The zero-order valence-electron chi connectivity index (χ0n) is 17.9. The Hall–Kier alpha value is -2.65. The fraction of sp³-hybridized carbons (Fsp3) is 0.391. The molecule has 1 aliphatic rings. The quantitative estimate of drug-likeness (QED) is 0.320. The first-order valence-electron chi connectivity index (χ1n) is 11.0. The predicted octanol–water partition coefficient (Wildman–Crippen LogP) is 5.80. The number of carbonyl (C=O) groups excluding carboxylic acids is 1. The minimum Gasteiger partial charge on any atom is -0.461 e. The third kappa shape index (κ3) is 4.19. The number of rotatable bonds is 7. The standard InChI is InChI=1S/C23H25N5O2S2/c1-2-27(22-24-17-11-6-7-13-19(17)32-22)20(29)15-31-23-26-25-21(18-12-8-14-30-18)28(23)16-9-4-3-5-10-16/h6-8,11-14,16H,2-5,9-10,15H2,1H3. The summed E-state index contributed by atoms with van der Waals surface area (Å²) in [5.41, 5.74) is 0.923. The Balaban J connectivity index is 1.37. The lowest BCUT2D eigenvalue weighted by atomic mass is 9.95. The van der Waals surface area contributed by atoms with Gasteiger partial charge in [-0.3, -0.25) is 14.3 Å². The predicted molar refractivity (Wildman–Crippen MR) is 128 cm³/mol. The van der Waals surface area contributed by atoms with Crippen LogP contribution in [0.5, 0.6) is 0 Å². The van der Waals surface area contributed by atoms with E-state index >= 15 is 0 Å². The summed E-state index contributed by atoms with van der Waals surface area (Å²) in [6, 6.07) is 12.1. The second-order valence-corrected chi connectivity index (χ2v) is 9.79. The summed E-state index contributed by atoms with van der Waals surface area (Å²) in [5.74, 6) is 1.77. The largest absolute Gasteiger partial charge is 0.461 e. The molecule has 0 N–H and O–H groups in total. The fourth-order valence-corrected chi connectivity index (χ4v) is 6.14. The SMILES string of the molecule is CCN(C(=O)CSc1nnc(-c2ccco2)n1C1CCCCC1)c1nc2ccccc2s1. The number of benzene rings is 1. The Morgan fingerprint density at radius 1 is 1.19 bits per heavy atom. The van der Waals surface area contributed by atoms with Gasteiger partial charge < -0.3 is 4.42 Å². The van der Waals surface area contributed by atoms with Crippen LogP contribution < -0.4 is 4.90 Å². The van der Waals surface area contributed by atoms with Crippen molar-refractivity contribution in [2.24, 2.45) is 0 Å². The van der Waals surface area contributed by atoms with E-state index in [-0.39, 0.29) is 11.7 Å². The molecule has 0 atom stereocenters. The molecule has 7 nitrogen and oxygen atoms in total. The average molecular weight is 468 g/mol. The first-order chi connectivity index (χ1) is 15.7. The van der Waals surface area contributed by atoms with E-state index in [1.54, 1.807) is 22.5 Å². The first-order valence-corrected chi connectivity index (χ1v) is 12.8. The smallest absolute Gasteiger partial charge is 0.239 e. The van der Waals surface area contributed by atoms with Crippen LogP contribution in [-0.4, -0.2) is 38.0 Å². The van der Waals surface area contributed by atoms with Gasteiger partial charge in [-0.1, -0.05) is 54.5 Å². The number of fused-ring (bicyclic) bond motifs is 1. The van der Waals surface area contributed by atoms with Crippen molar-refractivity contribution in [1.82, 2.24) is 19.7 Å². The molecule has 0 spiro atoms. The van der Waals surface area contributed by atoms with Crippen molar-refractivity contribution in [2.45, 2.75) is 50.2 Å². The molecule has 1 fully saturated rings. The zero-order chi connectivity index (χ0) is 21.9. The van der Waals surface area contributed by atoms with E-state index in [1.807, 2.05) is 43.3 Å². The molecule has 1 amide bonds. The molecule has 3 aromatic heterocycles. The molecular weight excluding hydrogens is 442 g/mol. The number of hydrogen-bond donors (Lipinski definition) is 0. The van der Waals surface area contributed by atoms with Crippen LogP contribution in [-0.2, 0) is 4.79 Å². The Bertz CT molecular complexity index is 1160. The van der Waals surface area contributed by atoms with Crippen molar-refractivity contribution in [1.29, 1.82) is 0 Å². The summed E-state index contributed by atoms with van der Waals surface area (Å²) in [4.78, 5) is 19.6. The van der Waals surface area contributed by atoms with Gasteiger partial charge >= 0.3 is 0 Å². The molecule has 0 aliphatic heterocycles. The molecule has 0 radical (unpaired) electrons. The number of para-hydroxylation sites is 1. The van der Waals surface area contributed by atoms with Crippen LogP contribution in [0.4, 0.5) is 5.13 Å². The summed E-state index contributed by atoms with van der Waals surface area (Å²) >= 11 is 2.99. The summed E-state index contributed by atoms with van der Waals surface area (Å²) in [7, 11) is 0. The molecule has 4 aromatic rings. The molecule has 0 bridgehead atoms. The third-order valence-electron chi connectivity index (χ3n) is 5.80. The number of aromatic nitrogens is 4. The van der Waals surface area contributed by atoms with Crippen molar-refractivity contribution in [3.63, 3.8) is 0 Å². The van der Waals surface area contributed by atoms with Crippen LogP contribution in [0.2, 0.25) is 0 Å². The second-order valence-electron chi connectivity index (χ2n) is 7.84. The Labute approximate surface area is 194 Å². The Morgan fingerprint density at radius 3 is 2.78 bits per heavy atom. The second kappa shape index (κ2) is 9.46. The van der Waals surface area contributed by atoms with Crippen molar-refractivity contribution < 1.29 is 9.21 Å². The highest BCUT2D eigenvalue weighted by Gasteiger charge is 2.26. The van der Waals surface area contributed by atoms with E-state index in [9.17, 15) is 4.79 Å². The van der Waals surface area contributed by atoms with Crippen LogP contribution in [0.15, 0.2) is 52.2 Å². The molecule has 0 saturated heterocycles. The van der Waals surface area contributed by atoms with Gasteiger partial charge in [0.15, 0.2) is 16.0 Å². The van der Waals surface area contributed by atoms with Crippen molar-refractivity contribution in [2.75, 3.05) is 17.2 Å². The van der Waals surface area contributed by atoms with Gasteiger partial charge in [-0.15, -0.1) is 10.2 Å². The number of hydrogen-bond acceptors (Lipinski definition) is 7. The highest BCUT2D eigenvalue weighted by Crippen LogP contribution is 2.36. The number of nitrogens with zero attached hydrogens (tertiary/aromatic N) is 5. The average Bonchev–Trinajstić information content (AvgIpc) is 3.57. The molecule has 1 aliphatic carbocycles. The highest BCUT2D eigenvalue weighted by molar-refractivity contribution is 7.99. The van der Waals surface area contributed by atoms with Gasteiger partial charge in [-0.25, -0.2) is 4.98 Å². The number of carbonyl (C=O) groups is 1. The summed E-state index contributed by atoms with van der Waals surface area (Å²) in [5, 5.41) is 10.4. The van der Waals surface area contributed by atoms with Crippen LogP contribution >= 0.6 is 23.1 Å². The zero-order valence-corrected chi connectivity index (χ0v) is 19.6. The van der Waals surface area contributed by atoms with E-state index in [0.717, 1.165) is 39.2 Å². The van der Waals surface area contributed by atoms with Crippen LogP contribution in [0.1, 0.15) is 45.1 Å². The Kier molecular flexibility index (Phi) is 6.27. The first kappa shape index (κ1) is 21.2. The molecule has 32 heavy (non-hydrogen) atoms. The third-order valence-corrected chi connectivity index (χ3v) is 7.79. The van der Waals surface area contributed by atoms with Gasteiger partial charge in [0.2, 0.25) is 11.7 Å². The van der Waals surface area contributed by atoms with E-state index < -0.39 is 0 Å². The molecule has 1 aromatic carbocycles. The van der Waals surface area contributed by atoms with Crippen LogP contribution in [0.3, 0.4) is 0 Å². The maximum atomic E-state index is 13.1. The van der Waals surface area contributed by atoms with Gasteiger partial charge in [0, 0.05) is 12.6 Å². The number of thioether (sulfide) groups is 1. The summed E-state index contributed by atoms with van der Waals surface area (Å²) < 4.78 is 8.89. The van der Waals surface area contributed by atoms with Gasteiger partial charge in [-0.05, 0) is 44.0 Å². The normalized spacial score (nSPS) is 14.8. The molecule has 0 unspecified atom stereocenters. The number of amides is 1. The van der Waals surface area contributed by atoms with Gasteiger partial charge in [0.25, 0.3) is 0 Å². The van der Waals surface area contributed by atoms with Crippen molar-refractivity contribution >= 4 is 44.4 Å². The number of furan rings is 1. The minimum absolute atomic E-state index is 0.0225. The van der Waals surface area contributed by atoms with Gasteiger partial charge in [-0.2, -0.15) is 0 Å². The molecular formula is C23H25N5O2S2. The molecule has 166 valence electrons. The van der Waals surface area contributed by atoms with Gasteiger partial charge in [0.1, 0.15) is 0 Å². The van der Waals surface area contributed by atoms with Crippen molar-refractivity contribution in [3.05, 3.63) is 42.7 Å². The molecule has 1 saturated carbocycles. The van der Waals surface area contributed by atoms with Gasteiger partial charge in [0.05, 0.1) is 22.2 Å². The maximum absolute atomic E-state index is 13.1. The summed E-state index contributed by atoms with van der Waals surface area (Å²) in [6.45, 7) is 2.56. The van der Waals surface area contributed by atoms with Crippen LogP contribution in [0, 0.1) is 0 Å². The Morgan fingerprint density at radius 2 is 2.03 bits per heavy atom. The lowest BCUT2D eigenvalue weighted by molar-refractivity contribution is -0.116. The van der Waals surface area contributed by atoms with E-state index in [0.29, 0.717) is 18.3 Å². The van der Waals surface area contributed by atoms with Crippen molar-refractivity contribution in [3.8, 4) is 11.6 Å². The topological polar surface area (TPSA) is 77.0 Å². The monoisotopic (exact) mass is 467 g/mol. The number of thiazole rings is 1. The van der Waals surface area contributed by atoms with E-state index in [4.69, 9.17) is 4.42 Å². The molecule has 5 rings (SSSR count). The number of anilines is 1. The van der Waals surface area contributed by atoms with E-state index in [2.05, 4.69) is 19.7 Å².